The molecule has 0 aromatic heterocycles. The molecule has 5 heteroatoms. The number of carbonyl (C=O) groups is 2. The molecular weight excluding hydrogens is 232 g/mol. The van der Waals surface area contributed by atoms with E-state index in [0.717, 1.165) is 32.1 Å². The normalized spacial score (nSPS) is 26.8. The summed E-state index contributed by atoms with van der Waals surface area (Å²) in [5, 5.41) is 2.82. The van der Waals surface area contributed by atoms with E-state index in [1.165, 1.54) is 0 Å². The van der Waals surface area contributed by atoms with Gasteiger partial charge in [0.15, 0.2) is 0 Å². The maximum absolute atomic E-state index is 12.3. The summed E-state index contributed by atoms with van der Waals surface area (Å²) in [5.41, 5.74) is -0.572. The zero-order valence-electron chi connectivity index (χ0n) is 11.2. The Morgan fingerprint density at radius 3 is 2.67 bits per heavy atom. The van der Waals surface area contributed by atoms with Gasteiger partial charge in [0.2, 0.25) is 11.8 Å². The summed E-state index contributed by atoms with van der Waals surface area (Å²) in [7, 11) is 1.65. The van der Waals surface area contributed by atoms with Crippen LogP contribution in [0.1, 0.15) is 39.0 Å². The first-order valence-corrected chi connectivity index (χ1v) is 6.73. The highest BCUT2D eigenvalue weighted by atomic mass is 16.5. The number of ether oxygens (including phenoxy) is 1. The Labute approximate surface area is 108 Å². The Bertz CT molecular complexity index is 337. The summed E-state index contributed by atoms with van der Waals surface area (Å²) in [6.45, 7) is 2.99. The van der Waals surface area contributed by atoms with Crippen LogP contribution in [0.2, 0.25) is 0 Å². The number of carbonyl (C=O) groups excluding carboxylic acids is 2. The number of hydrogen-bond donors (Lipinski definition) is 1. The minimum absolute atomic E-state index is 0.0320. The highest BCUT2D eigenvalue weighted by Gasteiger charge is 2.52. The molecule has 1 saturated carbocycles. The first kappa shape index (κ1) is 13.3. The van der Waals surface area contributed by atoms with Crippen LogP contribution in [0.3, 0.4) is 0 Å². The molecule has 1 aliphatic carbocycles. The molecule has 2 amide bonds. The van der Waals surface area contributed by atoms with E-state index in [9.17, 15) is 9.59 Å². The van der Waals surface area contributed by atoms with E-state index >= 15 is 0 Å². The van der Waals surface area contributed by atoms with Gasteiger partial charge in [0.1, 0.15) is 11.6 Å². The second-order valence-electron chi connectivity index (χ2n) is 5.27. The monoisotopic (exact) mass is 254 g/mol. The van der Waals surface area contributed by atoms with Crippen molar-refractivity contribution in [2.45, 2.75) is 50.6 Å². The Balaban J connectivity index is 2.17. The van der Waals surface area contributed by atoms with Crippen LogP contribution >= 0.6 is 0 Å². The van der Waals surface area contributed by atoms with E-state index in [1.54, 1.807) is 14.0 Å². The van der Waals surface area contributed by atoms with Crippen LogP contribution < -0.4 is 5.32 Å². The van der Waals surface area contributed by atoms with Crippen molar-refractivity contribution in [1.29, 1.82) is 0 Å². The summed E-state index contributed by atoms with van der Waals surface area (Å²) in [6.07, 6.45) is 4.42. The molecule has 5 nitrogen and oxygen atoms in total. The third kappa shape index (κ3) is 2.11. The molecule has 1 unspecified atom stereocenters. The first-order chi connectivity index (χ1) is 8.62. The molecule has 1 N–H and O–H groups in total. The predicted octanol–water partition coefficient (Wildman–Crippen LogP) is 0.683. The van der Waals surface area contributed by atoms with Crippen molar-refractivity contribution < 1.29 is 14.3 Å². The van der Waals surface area contributed by atoms with Crippen LogP contribution in [0.15, 0.2) is 0 Å². The zero-order valence-corrected chi connectivity index (χ0v) is 11.2. The van der Waals surface area contributed by atoms with Crippen molar-refractivity contribution in [3.8, 4) is 0 Å². The molecule has 1 saturated heterocycles. The summed E-state index contributed by atoms with van der Waals surface area (Å²) in [6, 6.07) is -0.397. The summed E-state index contributed by atoms with van der Waals surface area (Å²) >= 11 is 0. The number of methoxy groups -OCH3 is 1. The van der Waals surface area contributed by atoms with E-state index in [-0.39, 0.29) is 11.8 Å². The van der Waals surface area contributed by atoms with Gasteiger partial charge in [-0.3, -0.25) is 9.59 Å². The quantitative estimate of drug-likeness (QED) is 0.751. The molecule has 0 aromatic rings. The zero-order chi connectivity index (χ0) is 13.2. The fraction of sp³-hybridized carbons (Fsp3) is 0.846. The van der Waals surface area contributed by atoms with Crippen LogP contribution in [0.5, 0.6) is 0 Å². The molecule has 1 heterocycles. The fourth-order valence-electron chi connectivity index (χ4n) is 3.11. The lowest BCUT2D eigenvalue weighted by Crippen LogP contribution is -2.69. The molecule has 0 aromatic carbocycles. The van der Waals surface area contributed by atoms with Crippen LogP contribution in [0, 0.1) is 0 Å². The second-order valence-corrected chi connectivity index (χ2v) is 5.27. The van der Waals surface area contributed by atoms with E-state index in [2.05, 4.69) is 5.32 Å². The summed E-state index contributed by atoms with van der Waals surface area (Å²) in [5.74, 6) is 0.0807. The van der Waals surface area contributed by atoms with E-state index in [0.29, 0.717) is 13.2 Å². The maximum Gasteiger partial charge on any atom is 0.246 e. The van der Waals surface area contributed by atoms with Gasteiger partial charge < -0.3 is 15.0 Å². The highest BCUT2D eigenvalue weighted by molar-refractivity contribution is 5.99. The lowest BCUT2D eigenvalue weighted by atomic mass is 9.89. The van der Waals surface area contributed by atoms with Crippen molar-refractivity contribution in [3.63, 3.8) is 0 Å². The van der Waals surface area contributed by atoms with Crippen molar-refractivity contribution >= 4 is 11.8 Å². The highest BCUT2D eigenvalue weighted by Crippen LogP contribution is 2.38. The summed E-state index contributed by atoms with van der Waals surface area (Å²) in [4.78, 5) is 26.4. The van der Waals surface area contributed by atoms with E-state index in [4.69, 9.17) is 4.74 Å². The van der Waals surface area contributed by atoms with Crippen molar-refractivity contribution in [2.75, 3.05) is 20.3 Å². The van der Waals surface area contributed by atoms with Gasteiger partial charge in [0.25, 0.3) is 0 Å². The molecule has 1 aliphatic heterocycles. The molecule has 2 rings (SSSR count). The smallest absolute Gasteiger partial charge is 0.246 e. The molecule has 18 heavy (non-hydrogen) atoms. The minimum Gasteiger partial charge on any atom is -0.385 e. The van der Waals surface area contributed by atoms with E-state index < -0.39 is 11.6 Å². The number of hydrogen-bond acceptors (Lipinski definition) is 3. The molecule has 1 spiro atoms. The Hall–Kier alpha value is -1.10. The predicted molar refractivity (Wildman–Crippen MR) is 67.0 cm³/mol. The van der Waals surface area contributed by atoms with Crippen LogP contribution in [-0.2, 0) is 14.3 Å². The minimum atomic E-state index is -0.572. The number of piperazine rings is 1. The van der Waals surface area contributed by atoms with Gasteiger partial charge in [-0.2, -0.15) is 0 Å². The van der Waals surface area contributed by atoms with Crippen molar-refractivity contribution in [1.82, 2.24) is 10.2 Å². The Morgan fingerprint density at radius 1 is 1.39 bits per heavy atom. The van der Waals surface area contributed by atoms with Gasteiger partial charge in [0, 0.05) is 20.3 Å². The third-order valence-electron chi connectivity index (χ3n) is 4.08. The van der Waals surface area contributed by atoms with Crippen molar-refractivity contribution in [2.24, 2.45) is 0 Å². The third-order valence-corrected chi connectivity index (χ3v) is 4.08. The van der Waals surface area contributed by atoms with Gasteiger partial charge in [-0.25, -0.2) is 0 Å². The molecule has 102 valence electrons. The average Bonchev–Trinajstić information content (AvgIpc) is 2.82. The first-order valence-electron chi connectivity index (χ1n) is 6.73. The maximum atomic E-state index is 12.3. The number of amides is 2. The molecule has 0 bridgehead atoms. The Kier molecular flexibility index (Phi) is 3.90. The lowest BCUT2D eigenvalue weighted by Gasteiger charge is -2.45. The van der Waals surface area contributed by atoms with E-state index in [1.807, 2.05) is 4.90 Å². The van der Waals surface area contributed by atoms with Gasteiger partial charge in [-0.05, 0) is 26.2 Å². The fourth-order valence-corrected chi connectivity index (χ4v) is 3.11. The van der Waals surface area contributed by atoms with Crippen LogP contribution in [0.25, 0.3) is 0 Å². The lowest BCUT2D eigenvalue weighted by molar-refractivity contribution is -0.157. The van der Waals surface area contributed by atoms with Crippen LogP contribution in [-0.4, -0.2) is 48.6 Å². The number of nitrogens with one attached hydrogen (secondary N) is 1. The summed E-state index contributed by atoms with van der Waals surface area (Å²) < 4.78 is 5.03. The van der Waals surface area contributed by atoms with Gasteiger partial charge >= 0.3 is 0 Å². The standard InChI is InChI=1S/C13H22N2O3/c1-10-11(16)15(8-5-9-18-2)13(12(17)14-10)6-3-4-7-13/h10H,3-9H2,1-2H3,(H,14,17). The molecule has 1 atom stereocenters. The molecule has 2 aliphatic rings. The van der Waals surface area contributed by atoms with Gasteiger partial charge in [-0.15, -0.1) is 0 Å². The molecule has 0 radical (unpaired) electrons. The largest absolute Gasteiger partial charge is 0.385 e. The number of nitrogens with zero attached hydrogens (tertiary/aromatic N) is 1. The second kappa shape index (κ2) is 5.26. The SMILES string of the molecule is COCCCN1C(=O)C(C)NC(=O)C12CCCC2. The molecule has 2 fully saturated rings. The average molecular weight is 254 g/mol. The van der Waals surface area contributed by atoms with Gasteiger partial charge in [0.05, 0.1) is 0 Å². The van der Waals surface area contributed by atoms with Crippen LogP contribution in [0.4, 0.5) is 0 Å². The number of rotatable bonds is 4. The Morgan fingerprint density at radius 2 is 2.06 bits per heavy atom. The molecular formula is C13H22N2O3. The van der Waals surface area contributed by atoms with Crippen molar-refractivity contribution in [3.05, 3.63) is 0 Å². The van der Waals surface area contributed by atoms with Gasteiger partial charge in [-0.1, -0.05) is 12.8 Å². The topological polar surface area (TPSA) is 58.6 Å².